The van der Waals surface area contributed by atoms with Gasteiger partial charge < -0.3 is 14.8 Å². The Morgan fingerprint density at radius 3 is 2.94 bits per heavy atom. The van der Waals surface area contributed by atoms with E-state index in [2.05, 4.69) is 15.5 Å². The van der Waals surface area contributed by atoms with Crippen LogP contribution in [0.25, 0.3) is 5.69 Å². The van der Waals surface area contributed by atoms with Crippen LogP contribution in [0.2, 0.25) is 0 Å². The van der Waals surface area contributed by atoms with Crippen molar-refractivity contribution in [1.82, 2.24) is 14.8 Å². The Hall–Kier alpha value is -2.85. The molecule has 31 heavy (non-hydrogen) atoms. The van der Waals surface area contributed by atoms with E-state index in [0.717, 1.165) is 35.4 Å². The molecule has 0 aliphatic heterocycles. The van der Waals surface area contributed by atoms with Crippen molar-refractivity contribution in [3.63, 3.8) is 0 Å². The van der Waals surface area contributed by atoms with Crippen LogP contribution in [0.4, 0.5) is 5.00 Å². The number of aryl methyl sites for hydroxylation is 1. The lowest BCUT2D eigenvalue weighted by Gasteiger charge is -2.11. The molecule has 3 aromatic rings. The summed E-state index contributed by atoms with van der Waals surface area (Å²) in [5.41, 5.74) is 2.31. The van der Waals surface area contributed by atoms with Crippen LogP contribution in [0, 0.1) is 0 Å². The molecule has 4 rings (SSSR count). The molecule has 2 aromatic heterocycles. The topological polar surface area (TPSA) is 95.3 Å². The van der Waals surface area contributed by atoms with Gasteiger partial charge in [-0.3, -0.25) is 9.36 Å². The Labute approximate surface area is 188 Å². The largest absolute Gasteiger partial charge is 0.495 e. The van der Waals surface area contributed by atoms with Crippen LogP contribution in [0.3, 0.4) is 0 Å². The van der Waals surface area contributed by atoms with E-state index in [9.17, 15) is 9.59 Å². The first-order valence-corrected chi connectivity index (χ1v) is 11.7. The molecule has 0 bridgehead atoms. The van der Waals surface area contributed by atoms with E-state index in [1.807, 2.05) is 24.3 Å². The van der Waals surface area contributed by atoms with Gasteiger partial charge in [0.05, 0.1) is 30.7 Å². The highest BCUT2D eigenvalue weighted by Gasteiger charge is 2.28. The third kappa shape index (κ3) is 4.45. The number of hydrogen-bond acceptors (Lipinski definition) is 8. The van der Waals surface area contributed by atoms with Crippen LogP contribution < -0.4 is 10.1 Å². The standard InChI is InChI=1S/C21H22N4O4S2/c1-3-29-20(27)18-13-7-6-10-16(13)31-19(18)23-17(26)11-30-21-24-22-12-25(21)14-8-4-5-9-15(14)28-2/h4-5,8-9,12H,3,6-7,10-11H2,1-2H3,(H,23,26). The first-order chi connectivity index (χ1) is 15.1. The van der Waals surface area contributed by atoms with Gasteiger partial charge in [0.15, 0.2) is 5.16 Å². The zero-order valence-corrected chi connectivity index (χ0v) is 18.8. The normalized spacial score (nSPS) is 12.5. The van der Waals surface area contributed by atoms with E-state index in [1.165, 1.54) is 23.1 Å². The Kier molecular flexibility index (Phi) is 6.57. The number of para-hydroxylation sites is 2. The van der Waals surface area contributed by atoms with Crippen molar-refractivity contribution in [3.05, 3.63) is 46.6 Å². The lowest BCUT2D eigenvalue weighted by Crippen LogP contribution is -2.17. The third-order valence-corrected chi connectivity index (χ3v) is 7.00. The Morgan fingerprint density at radius 2 is 2.13 bits per heavy atom. The molecule has 8 nitrogen and oxygen atoms in total. The number of benzene rings is 1. The number of carbonyl (C=O) groups is 2. The molecule has 1 aromatic carbocycles. The highest BCUT2D eigenvalue weighted by molar-refractivity contribution is 7.99. The Bertz CT molecular complexity index is 1110. The third-order valence-electron chi connectivity index (χ3n) is 4.85. The minimum absolute atomic E-state index is 0.124. The molecule has 1 aliphatic carbocycles. The second-order valence-corrected chi connectivity index (χ2v) is 8.82. The molecule has 1 amide bonds. The van der Waals surface area contributed by atoms with Gasteiger partial charge in [0.1, 0.15) is 17.1 Å². The molecule has 10 heteroatoms. The summed E-state index contributed by atoms with van der Waals surface area (Å²) >= 11 is 2.73. The van der Waals surface area contributed by atoms with Gasteiger partial charge in [-0.15, -0.1) is 21.5 Å². The fourth-order valence-electron chi connectivity index (χ4n) is 3.52. The predicted octanol–water partition coefficient (Wildman–Crippen LogP) is 3.73. The van der Waals surface area contributed by atoms with Gasteiger partial charge in [-0.2, -0.15) is 0 Å². The minimum Gasteiger partial charge on any atom is -0.495 e. The van der Waals surface area contributed by atoms with Crippen molar-refractivity contribution in [2.75, 3.05) is 24.8 Å². The van der Waals surface area contributed by atoms with E-state index in [0.29, 0.717) is 28.1 Å². The summed E-state index contributed by atoms with van der Waals surface area (Å²) in [5.74, 6) is 0.213. The van der Waals surface area contributed by atoms with Crippen molar-refractivity contribution in [2.45, 2.75) is 31.3 Å². The van der Waals surface area contributed by atoms with Gasteiger partial charge in [0, 0.05) is 4.88 Å². The second-order valence-electron chi connectivity index (χ2n) is 6.77. The number of aromatic nitrogens is 3. The molecule has 1 aliphatic rings. The maximum Gasteiger partial charge on any atom is 0.341 e. The number of methoxy groups -OCH3 is 1. The lowest BCUT2D eigenvalue weighted by atomic mass is 10.1. The van der Waals surface area contributed by atoms with Crippen molar-refractivity contribution in [1.29, 1.82) is 0 Å². The van der Waals surface area contributed by atoms with Crippen LogP contribution in [0.1, 0.15) is 34.1 Å². The fourth-order valence-corrected chi connectivity index (χ4v) is 5.54. The van der Waals surface area contributed by atoms with Gasteiger partial charge in [-0.05, 0) is 43.9 Å². The zero-order chi connectivity index (χ0) is 21.8. The number of nitrogens with one attached hydrogen (secondary N) is 1. The maximum absolute atomic E-state index is 12.7. The van der Waals surface area contributed by atoms with Gasteiger partial charge in [-0.1, -0.05) is 23.9 Å². The van der Waals surface area contributed by atoms with Crippen LogP contribution in [0.15, 0.2) is 35.7 Å². The number of thiophene rings is 1. The van der Waals surface area contributed by atoms with E-state index in [-0.39, 0.29) is 17.6 Å². The van der Waals surface area contributed by atoms with Crippen LogP contribution in [0.5, 0.6) is 5.75 Å². The molecule has 1 N–H and O–H groups in total. The first-order valence-electron chi connectivity index (χ1n) is 9.90. The summed E-state index contributed by atoms with van der Waals surface area (Å²) in [6, 6.07) is 7.52. The monoisotopic (exact) mass is 458 g/mol. The predicted molar refractivity (Wildman–Crippen MR) is 120 cm³/mol. The van der Waals surface area contributed by atoms with E-state index >= 15 is 0 Å². The molecular formula is C21H22N4O4S2. The molecule has 0 fully saturated rings. The fraction of sp³-hybridized carbons (Fsp3) is 0.333. The summed E-state index contributed by atoms with van der Waals surface area (Å²) < 4.78 is 12.4. The molecule has 0 radical (unpaired) electrons. The minimum atomic E-state index is -0.374. The molecular weight excluding hydrogens is 436 g/mol. The first kappa shape index (κ1) is 21.4. The molecule has 0 atom stereocenters. The summed E-state index contributed by atoms with van der Waals surface area (Å²) in [6.45, 7) is 2.07. The van der Waals surface area contributed by atoms with Crippen LogP contribution >= 0.6 is 23.1 Å². The quantitative estimate of drug-likeness (QED) is 0.406. The van der Waals surface area contributed by atoms with Gasteiger partial charge in [0.25, 0.3) is 0 Å². The van der Waals surface area contributed by atoms with E-state index in [1.54, 1.807) is 24.9 Å². The number of ether oxygens (including phenoxy) is 2. The number of fused-ring (bicyclic) bond motifs is 1. The van der Waals surface area contributed by atoms with Gasteiger partial charge in [-0.25, -0.2) is 4.79 Å². The summed E-state index contributed by atoms with van der Waals surface area (Å²) in [6.07, 6.45) is 4.38. The van der Waals surface area contributed by atoms with Crippen molar-refractivity contribution in [3.8, 4) is 11.4 Å². The Morgan fingerprint density at radius 1 is 1.29 bits per heavy atom. The number of amides is 1. The number of esters is 1. The van der Waals surface area contributed by atoms with Crippen molar-refractivity contribution < 1.29 is 19.1 Å². The number of rotatable bonds is 8. The van der Waals surface area contributed by atoms with E-state index < -0.39 is 0 Å². The van der Waals surface area contributed by atoms with Crippen LogP contribution in [-0.4, -0.2) is 46.1 Å². The molecule has 0 saturated heterocycles. The molecule has 0 unspecified atom stereocenters. The van der Waals surface area contributed by atoms with Gasteiger partial charge in [0.2, 0.25) is 5.91 Å². The molecule has 0 saturated carbocycles. The number of carbonyl (C=O) groups excluding carboxylic acids is 2. The number of nitrogens with zero attached hydrogens (tertiary/aromatic N) is 3. The number of hydrogen-bond donors (Lipinski definition) is 1. The maximum atomic E-state index is 12.7. The van der Waals surface area contributed by atoms with Crippen LogP contribution in [-0.2, 0) is 22.4 Å². The highest BCUT2D eigenvalue weighted by atomic mass is 32.2. The molecule has 162 valence electrons. The summed E-state index contributed by atoms with van der Waals surface area (Å²) in [5, 5.41) is 12.1. The Balaban J connectivity index is 1.47. The van der Waals surface area contributed by atoms with Gasteiger partial charge >= 0.3 is 5.97 Å². The lowest BCUT2D eigenvalue weighted by molar-refractivity contribution is -0.113. The zero-order valence-electron chi connectivity index (χ0n) is 17.2. The molecule has 2 heterocycles. The van der Waals surface area contributed by atoms with Crippen molar-refractivity contribution >= 4 is 40.0 Å². The average Bonchev–Trinajstić information content (AvgIpc) is 3.48. The second kappa shape index (κ2) is 9.52. The smallest absolute Gasteiger partial charge is 0.341 e. The van der Waals surface area contributed by atoms with Crippen molar-refractivity contribution in [2.24, 2.45) is 0 Å². The SMILES string of the molecule is CCOC(=O)c1c(NC(=O)CSc2nncn2-c2ccccc2OC)sc2c1CCC2. The summed E-state index contributed by atoms with van der Waals surface area (Å²) in [4.78, 5) is 26.3. The van der Waals surface area contributed by atoms with E-state index in [4.69, 9.17) is 9.47 Å². The summed E-state index contributed by atoms with van der Waals surface area (Å²) in [7, 11) is 1.60. The molecule has 0 spiro atoms. The number of anilines is 1. The highest BCUT2D eigenvalue weighted by Crippen LogP contribution is 2.39. The number of thioether (sulfide) groups is 1. The average molecular weight is 459 g/mol.